The van der Waals surface area contributed by atoms with E-state index in [-0.39, 0.29) is 34.5 Å². The number of ether oxygens (including phenoxy) is 1. The Labute approximate surface area is 144 Å². The van der Waals surface area contributed by atoms with Crippen LogP contribution in [0.1, 0.15) is 5.56 Å². The molecule has 0 amide bonds. The predicted molar refractivity (Wildman–Crippen MR) is 70.2 cm³/mol. The van der Waals surface area contributed by atoms with Crippen molar-refractivity contribution in [3.63, 3.8) is 0 Å². The summed E-state index contributed by atoms with van der Waals surface area (Å²) in [4.78, 5) is -0.275. The van der Waals surface area contributed by atoms with Gasteiger partial charge in [-0.3, -0.25) is 0 Å². The third-order valence-electron chi connectivity index (χ3n) is 2.41. The second-order valence-corrected chi connectivity index (χ2v) is 5.66. The minimum Gasteiger partial charge on any atom is -0.744 e. The van der Waals surface area contributed by atoms with E-state index in [4.69, 9.17) is 16.3 Å². The predicted octanol–water partition coefficient (Wildman–Crippen LogP) is -0.173. The van der Waals surface area contributed by atoms with Gasteiger partial charge in [0.1, 0.15) is 22.5 Å². The molecule has 0 aliphatic heterocycles. The van der Waals surface area contributed by atoms with E-state index in [9.17, 15) is 13.0 Å². The molecule has 4 nitrogen and oxygen atoms in total. The molecule has 2 aromatic carbocycles. The van der Waals surface area contributed by atoms with Gasteiger partial charge in [-0.05, 0) is 42.0 Å². The zero-order chi connectivity index (χ0) is 13.9. The Balaban J connectivity index is 0.00000200. The van der Waals surface area contributed by atoms with Crippen LogP contribution in [0.4, 0.5) is 0 Å². The third kappa shape index (κ3) is 5.09. The molecule has 0 aliphatic rings. The summed E-state index contributed by atoms with van der Waals surface area (Å²) in [6, 6.07) is 12.5. The fraction of sp³-hybridized carbons (Fsp3) is 0.0769. The van der Waals surface area contributed by atoms with E-state index in [1.165, 1.54) is 24.3 Å². The molecule has 0 saturated heterocycles. The third-order valence-corrected chi connectivity index (χ3v) is 3.49. The van der Waals surface area contributed by atoms with E-state index in [0.717, 1.165) is 5.56 Å². The molecule has 0 spiro atoms. The van der Waals surface area contributed by atoms with Gasteiger partial charge < -0.3 is 9.29 Å². The smallest absolute Gasteiger partial charge is 0.744 e. The molecule has 2 aromatic rings. The Hall–Kier alpha value is -0.560. The molecule has 0 atom stereocenters. The van der Waals surface area contributed by atoms with Crippen molar-refractivity contribution in [3.8, 4) is 5.75 Å². The van der Waals surface area contributed by atoms with Gasteiger partial charge in [-0.15, -0.1) is 0 Å². The van der Waals surface area contributed by atoms with E-state index < -0.39 is 10.1 Å². The average Bonchev–Trinajstić information content (AvgIpc) is 2.36. The first kappa shape index (κ1) is 17.5. The molecule has 20 heavy (non-hydrogen) atoms. The summed E-state index contributed by atoms with van der Waals surface area (Å²) in [6.07, 6.45) is 0. The van der Waals surface area contributed by atoms with Crippen molar-refractivity contribution in [2.75, 3.05) is 0 Å². The molecule has 0 unspecified atom stereocenters. The van der Waals surface area contributed by atoms with Crippen molar-refractivity contribution in [2.45, 2.75) is 11.5 Å². The van der Waals surface area contributed by atoms with Crippen LogP contribution in [0.2, 0.25) is 5.02 Å². The van der Waals surface area contributed by atoms with Crippen molar-refractivity contribution in [2.24, 2.45) is 0 Å². The summed E-state index contributed by atoms with van der Waals surface area (Å²) in [6.45, 7) is 0.310. The summed E-state index contributed by atoms with van der Waals surface area (Å²) in [5.41, 5.74) is 0.896. The monoisotopic (exact) mass is 320 g/mol. The number of halogens is 1. The molecule has 0 radical (unpaired) electrons. The van der Waals surface area contributed by atoms with Gasteiger partial charge in [-0.1, -0.05) is 23.7 Å². The molecule has 0 fully saturated rings. The van der Waals surface area contributed by atoms with E-state index in [2.05, 4.69) is 0 Å². The minimum absolute atomic E-state index is 0. The van der Waals surface area contributed by atoms with Crippen molar-refractivity contribution >= 4 is 21.7 Å². The molecule has 2 rings (SSSR count). The topological polar surface area (TPSA) is 66.4 Å². The van der Waals surface area contributed by atoms with Crippen LogP contribution < -0.4 is 34.3 Å². The first-order chi connectivity index (χ1) is 8.95. The number of rotatable bonds is 4. The Bertz CT molecular complexity index is 671. The Morgan fingerprint density at radius 2 is 1.75 bits per heavy atom. The van der Waals surface area contributed by atoms with Crippen molar-refractivity contribution in [1.29, 1.82) is 0 Å². The molecule has 0 bridgehead atoms. The largest absolute Gasteiger partial charge is 1.00 e. The summed E-state index contributed by atoms with van der Waals surface area (Å²) in [5, 5.41) is 0.619. The van der Waals surface area contributed by atoms with E-state index in [0.29, 0.717) is 17.4 Å². The fourth-order valence-corrected chi connectivity index (χ4v) is 2.18. The molecule has 0 heterocycles. The maximum absolute atomic E-state index is 10.7. The summed E-state index contributed by atoms with van der Waals surface area (Å²) in [7, 11) is -4.42. The molecular weight excluding hydrogens is 311 g/mol. The fourth-order valence-electron chi connectivity index (χ4n) is 1.50. The Morgan fingerprint density at radius 3 is 2.30 bits per heavy atom. The first-order valence-electron chi connectivity index (χ1n) is 5.38. The van der Waals surface area contributed by atoms with E-state index >= 15 is 0 Å². The maximum Gasteiger partial charge on any atom is 1.00 e. The Kier molecular flexibility index (Phi) is 6.51. The van der Waals surface area contributed by atoms with Gasteiger partial charge in [-0.25, -0.2) is 8.42 Å². The van der Waals surface area contributed by atoms with Gasteiger partial charge in [-0.2, -0.15) is 0 Å². The van der Waals surface area contributed by atoms with Crippen LogP contribution in [0.5, 0.6) is 5.75 Å². The second kappa shape index (κ2) is 7.45. The summed E-state index contributed by atoms with van der Waals surface area (Å²) < 4.78 is 37.7. The van der Waals surface area contributed by atoms with Gasteiger partial charge >= 0.3 is 29.6 Å². The summed E-state index contributed by atoms with van der Waals surface area (Å²) in [5.74, 6) is 0.479. The van der Waals surface area contributed by atoms with Crippen LogP contribution in [-0.4, -0.2) is 13.0 Å². The first-order valence-corrected chi connectivity index (χ1v) is 7.17. The summed E-state index contributed by atoms with van der Waals surface area (Å²) >= 11 is 5.84. The van der Waals surface area contributed by atoms with Crippen LogP contribution in [0.15, 0.2) is 53.4 Å². The maximum atomic E-state index is 10.7. The standard InChI is InChI=1S/C13H11ClO4S.Na/c14-11-3-1-2-10(8-11)9-18-12-4-6-13(7-5-12)19(15,16)17;/h1-8H,9H2,(H,15,16,17);/q;+1/p-1. The van der Waals surface area contributed by atoms with Crippen LogP contribution >= 0.6 is 11.6 Å². The molecular formula is C13H10ClNaO4S. The van der Waals surface area contributed by atoms with Gasteiger partial charge in [0.2, 0.25) is 0 Å². The van der Waals surface area contributed by atoms with Crippen LogP contribution in [-0.2, 0) is 16.7 Å². The van der Waals surface area contributed by atoms with Gasteiger partial charge in [0.15, 0.2) is 0 Å². The average molecular weight is 321 g/mol. The van der Waals surface area contributed by atoms with Crippen molar-refractivity contribution in [3.05, 3.63) is 59.1 Å². The molecule has 7 heteroatoms. The molecule has 0 aliphatic carbocycles. The number of hydrogen-bond donors (Lipinski definition) is 0. The number of hydrogen-bond acceptors (Lipinski definition) is 4. The quantitative estimate of drug-likeness (QED) is 0.579. The van der Waals surface area contributed by atoms with E-state index in [1.807, 2.05) is 12.1 Å². The zero-order valence-electron chi connectivity index (χ0n) is 10.7. The van der Waals surface area contributed by atoms with Gasteiger partial charge in [0.25, 0.3) is 0 Å². The van der Waals surface area contributed by atoms with Gasteiger partial charge in [0.05, 0.1) is 4.90 Å². The number of benzene rings is 2. The second-order valence-electron chi connectivity index (χ2n) is 3.84. The van der Waals surface area contributed by atoms with Crippen molar-refractivity contribution < 1.29 is 47.3 Å². The van der Waals surface area contributed by atoms with Crippen molar-refractivity contribution in [1.82, 2.24) is 0 Å². The molecule has 0 aromatic heterocycles. The molecule has 0 saturated carbocycles. The SMILES string of the molecule is O=S(=O)([O-])c1ccc(OCc2cccc(Cl)c2)cc1.[Na+]. The zero-order valence-corrected chi connectivity index (χ0v) is 14.3. The van der Waals surface area contributed by atoms with Crippen LogP contribution in [0.3, 0.4) is 0 Å². The van der Waals surface area contributed by atoms with Crippen LogP contribution in [0, 0.1) is 0 Å². The van der Waals surface area contributed by atoms with Gasteiger partial charge in [0, 0.05) is 5.02 Å². The van der Waals surface area contributed by atoms with E-state index in [1.54, 1.807) is 12.1 Å². The van der Waals surface area contributed by atoms with Crippen LogP contribution in [0.25, 0.3) is 0 Å². The normalized spacial score (nSPS) is 10.7. The molecule has 0 N–H and O–H groups in total. The minimum atomic E-state index is -4.42. The molecule has 100 valence electrons. The Morgan fingerprint density at radius 1 is 1.10 bits per heavy atom.